The summed E-state index contributed by atoms with van der Waals surface area (Å²) in [5.74, 6) is -0.262. The Hall–Kier alpha value is -3.08. The van der Waals surface area contributed by atoms with Crippen molar-refractivity contribution in [2.24, 2.45) is 0 Å². The minimum absolute atomic E-state index is 0.00624. The van der Waals surface area contributed by atoms with Gasteiger partial charge >= 0.3 is 0 Å². The maximum atomic E-state index is 15.7. The molecule has 1 amide bonds. The van der Waals surface area contributed by atoms with Crippen molar-refractivity contribution in [3.8, 4) is 35.0 Å². The molecule has 2 aliphatic rings. The number of carbonyl (C=O) groups excluding carboxylic acids is 1. The van der Waals surface area contributed by atoms with Gasteiger partial charge in [-0.05, 0) is 18.2 Å². The molecule has 31 heavy (non-hydrogen) atoms. The Morgan fingerprint density at radius 2 is 2.10 bits per heavy atom. The minimum Gasteiger partial charge on any atom is -0.507 e. The van der Waals surface area contributed by atoms with E-state index in [1.807, 2.05) is 4.90 Å². The number of piperazine rings is 1. The topological polar surface area (TPSA) is 53.0 Å². The number of carbonyl (C=O) groups is 1. The third kappa shape index (κ3) is 3.52. The normalized spacial score (nSPS) is 18.3. The highest BCUT2D eigenvalue weighted by Gasteiger charge is 2.36. The van der Waals surface area contributed by atoms with Gasteiger partial charge in [-0.15, -0.1) is 6.42 Å². The number of rotatable bonds is 2. The van der Waals surface area contributed by atoms with Crippen LogP contribution in [0.25, 0.3) is 11.1 Å². The molecule has 1 atom stereocenters. The molecule has 1 N–H and O–H groups in total. The van der Waals surface area contributed by atoms with Gasteiger partial charge in [0.1, 0.15) is 18.2 Å². The summed E-state index contributed by atoms with van der Waals surface area (Å²) in [6.45, 7) is 4.87. The van der Waals surface area contributed by atoms with Crippen LogP contribution in [0.5, 0.6) is 11.5 Å². The van der Waals surface area contributed by atoms with Gasteiger partial charge in [-0.1, -0.05) is 30.2 Å². The van der Waals surface area contributed by atoms with Crippen LogP contribution >= 0.6 is 11.6 Å². The van der Waals surface area contributed by atoms with Crippen LogP contribution in [0.15, 0.2) is 30.9 Å². The van der Waals surface area contributed by atoms with E-state index in [1.54, 1.807) is 4.90 Å². The molecule has 2 aromatic rings. The summed E-state index contributed by atoms with van der Waals surface area (Å²) < 4.78 is 36.9. The number of phenols is 1. The second-order valence-electron chi connectivity index (χ2n) is 7.39. The predicted molar refractivity (Wildman–Crippen MR) is 113 cm³/mol. The lowest BCUT2D eigenvalue weighted by atomic mass is 9.94. The maximum absolute atomic E-state index is 15.7. The number of terminal acetylenes is 1. The second-order valence-corrected chi connectivity index (χ2v) is 7.79. The third-order valence-electron chi connectivity index (χ3n) is 5.69. The van der Waals surface area contributed by atoms with E-state index in [1.165, 1.54) is 24.3 Å². The van der Waals surface area contributed by atoms with Gasteiger partial charge in [-0.3, -0.25) is 9.69 Å². The third-order valence-corrected chi connectivity index (χ3v) is 6.00. The van der Waals surface area contributed by atoms with Crippen molar-refractivity contribution in [2.45, 2.75) is 12.6 Å². The largest absolute Gasteiger partial charge is 0.507 e. The van der Waals surface area contributed by atoms with Crippen molar-refractivity contribution >= 4 is 17.5 Å². The molecule has 1 fully saturated rings. The molecule has 0 saturated carbocycles. The van der Waals surface area contributed by atoms with E-state index in [4.69, 9.17) is 22.8 Å². The van der Waals surface area contributed by atoms with E-state index in [-0.39, 0.29) is 63.9 Å². The zero-order valence-electron chi connectivity index (χ0n) is 16.5. The number of ether oxygens (including phenoxy) is 1. The Bertz CT molecular complexity index is 1110. The first kappa shape index (κ1) is 21.2. The highest BCUT2D eigenvalue weighted by Crippen LogP contribution is 2.45. The van der Waals surface area contributed by atoms with Crippen LogP contribution in [-0.2, 0) is 11.3 Å². The molecule has 1 saturated heterocycles. The minimum atomic E-state index is -0.883. The van der Waals surface area contributed by atoms with Crippen molar-refractivity contribution in [1.29, 1.82) is 0 Å². The van der Waals surface area contributed by atoms with Gasteiger partial charge in [-0.25, -0.2) is 8.78 Å². The molecule has 4 rings (SSSR count). The maximum Gasteiger partial charge on any atom is 0.246 e. The molecule has 0 aliphatic carbocycles. The monoisotopic (exact) mass is 444 g/mol. The van der Waals surface area contributed by atoms with Gasteiger partial charge in [-0.2, -0.15) is 0 Å². The lowest BCUT2D eigenvalue weighted by Gasteiger charge is -2.39. The number of nitrogens with zero attached hydrogens (tertiary/aromatic N) is 2. The molecule has 0 spiro atoms. The first-order chi connectivity index (χ1) is 14.9. The van der Waals surface area contributed by atoms with E-state index in [9.17, 15) is 9.90 Å². The number of halogens is 3. The molecular weight excluding hydrogens is 426 g/mol. The summed E-state index contributed by atoms with van der Waals surface area (Å²) in [5, 5.41) is 10.3. The predicted octanol–water partition coefficient (Wildman–Crippen LogP) is 3.56. The zero-order chi connectivity index (χ0) is 22.3. The molecule has 160 valence electrons. The zero-order valence-corrected chi connectivity index (χ0v) is 17.3. The highest BCUT2D eigenvalue weighted by atomic mass is 35.5. The van der Waals surface area contributed by atoms with Gasteiger partial charge in [0.2, 0.25) is 5.91 Å². The number of phenolic OH excluding ortho intramolecular Hbond substituents is 1. The molecule has 5 nitrogen and oxygen atoms in total. The summed E-state index contributed by atoms with van der Waals surface area (Å²) >= 11 is 6.18. The summed E-state index contributed by atoms with van der Waals surface area (Å²) in [6.07, 6.45) is 6.78. The lowest BCUT2D eigenvalue weighted by molar-refractivity contribution is -0.129. The number of hydrogen-bond donors (Lipinski definition) is 1. The number of fused-ring (bicyclic) bond motifs is 2. The molecule has 0 aromatic heterocycles. The first-order valence-corrected chi connectivity index (χ1v) is 10.0. The molecule has 2 heterocycles. The number of benzene rings is 2. The van der Waals surface area contributed by atoms with Crippen LogP contribution in [0.4, 0.5) is 8.78 Å². The Balaban J connectivity index is 1.82. The van der Waals surface area contributed by atoms with E-state index < -0.39 is 11.6 Å². The second kappa shape index (κ2) is 8.22. The summed E-state index contributed by atoms with van der Waals surface area (Å²) in [6, 6.07) is 4.00. The fraction of sp³-hybridized carbons (Fsp3) is 0.261. The molecule has 2 aliphatic heterocycles. The van der Waals surface area contributed by atoms with Crippen LogP contribution in [-0.4, -0.2) is 53.1 Å². The van der Waals surface area contributed by atoms with Gasteiger partial charge in [0, 0.05) is 42.9 Å². The average Bonchev–Trinajstić information content (AvgIpc) is 2.96. The summed E-state index contributed by atoms with van der Waals surface area (Å²) in [5.41, 5.74) is -0.733. The summed E-state index contributed by atoms with van der Waals surface area (Å²) in [7, 11) is 0. The number of aromatic hydroxyl groups is 1. The van der Waals surface area contributed by atoms with Gasteiger partial charge < -0.3 is 14.7 Å². The van der Waals surface area contributed by atoms with Crippen molar-refractivity contribution in [2.75, 3.05) is 26.2 Å². The quantitative estimate of drug-likeness (QED) is 0.568. The van der Waals surface area contributed by atoms with Crippen molar-refractivity contribution in [1.82, 2.24) is 9.80 Å². The van der Waals surface area contributed by atoms with Gasteiger partial charge in [0.15, 0.2) is 11.6 Å². The SMILES string of the molecule is C#Cc1c(F)c2c(c(F)c1-c1c(O)cccc1Cl)OCC1CN(C(=O)C=C)CCN1C2. The van der Waals surface area contributed by atoms with E-state index in [2.05, 4.69) is 12.5 Å². The average molecular weight is 445 g/mol. The van der Waals surface area contributed by atoms with Crippen LogP contribution in [0.3, 0.4) is 0 Å². The molecular formula is C23H19ClF2N2O3. The molecule has 0 radical (unpaired) electrons. The Morgan fingerprint density at radius 1 is 1.32 bits per heavy atom. The van der Waals surface area contributed by atoms with Crippen molar-refractivity contribution in [3.63, 3.8) is 0 Å². The van der Waals surface area contributed by atoms with Crippen LogP contribution < -0.4 is 4.74 Å². The molecule has 1 unspecified atom stereocenters. The molecule has 2 aromatic carbocycles. The number of hydrogen-bond acceptors (Lipinski definition) is 4. The fourth-order valence-electron chi connectivity index (χ4n) is 4.11. The Kier molecular flexibility index (Phi) is 5.61. The van der Waals surface area contributed by atoms with E-state index in [0.29, 0.717) is 19.6 Å². The van der Waals surface area contributed by atoms with Crippen LogP contribution in [0.1, 0.15) is 11.1 Å². The van der Waals surface area contributed by atoms with Gasteiger partial charge in [0.05, 0.1) is 16.6 Å². The van der Waals surface area contributed by atoms with E-state index >= 15 is 8.78 Å². The Morgan fingerprint density at radius 3 is 2.77 bits per heavy atom. The molecule has 0 bridgehead atoms. The molecule has 8 heteroatoms. The summed E-state index contributed by atoms with van der Waals surface area (Å²) in [4.78, 5) is 15.5. The highest BCUT2D eigenvalue weighted by molar-refractivity contribution is 6.33. The fourth-order valence-corrected chi connectivity index (χ4v) is 4.37. The van der Waals surface area contributed by atoms with Gasteiger partial charge in [0.25, 0.3) is 0 Å². The lowest BCUT2D eigenvalue weighted by Crippen LogP contribution is -2.55. The smallest absolute Gasteiger partial charge is 0.246 e. The standard InChI is InChI=1S/C23H19ClF2N2O3/c1-3-14-19(20-16(24)6-5-7-17(20)29)22(26)23-15(21(14)25)11-27-8-9-28(18(30)4-2)10-13(27)12-31-23/h1,4-7,13,29H,2,8-12H2. The van der Waals surface area contributed by atoms with Crippen molar-refractivity contribution < 1.29 is 23.4 Å². The first-order valence-electron chi connectivity index (χ1n) is 9.63. The number of amides is 1. The van der Waals surface area contributed by atoms with E-state index in [0.717, 1.165) is 0 Å². The van der Waals surface area contributed by atoms with Crippen LogP contribution in [0.2, 0.25) is 5.02 Å². The van der Waals surface area contributed by atoms with Crippen molar-refractivity contribution in [3.05, 3.63) is 58.6 Å². The van der Waals surface area contributed by atoms with Crippen LogP contribution in [0, 0.1) is 24.0 Å². The Labute approximate surface area is 183 Å².